The zero-order valence-corrected chi connectivity index (χ0v) is 14.6. The molecular weight excluding hydrogens is 328 g/mol. The molecule has 0 aliphatic rings. The summed E-state index contributed by atoms with van der Waals surface area (Å²) in [5, 5.41) is 0. The molecule has 2 aromatic rings. The van der Waals surface area contributed by atoms with Crippen LogP contribution in [0.2, 0.25) is 0 Å². The molecule has 0 saturated carbocycles. The molecule has 0 saturated heterocycles. The highest BCUT2D eigenvalue weighted by molar-refractivity contribution is 8.00. The number of rotatable bonds is 5. The molecule has 120 valence electrons. The van der Waals surface area contributed by atoms with Crippen molar-refractivity contribution in [3.05, 3.63) is 59.7 Å². The van der Waals surface area contributed by atoms with Gasteiger partial charge in [-0.25, -0.2) is 0 Å². The highest BCUT2D eigenvalue weighted by Crippen LogP contribution is 2.17. The standard InChI is InChI=1S/C17H18N2O2S2/c1-12-3-7-15(8-4-12)23-11-16(20)18-19-17(21)13-5-9-14(22-2)10-6-13/h3-10H,11H2,1-2H3,(H,18,20)(H,19,21). The SMILES string of the molecule is CSc1ccc(C(=O)NNC(=O)CSc2ccc(C)cc2)cc1. The Hall–Kier alpha value is -1.92. The molecule has 4 nitrogen and oxygen atoms in total. The van der Waals surface area contributed by atoms with Crippen LogP contribution in [0, 0.1) is 6.92 Å². The number of hydrazine groups is 1. The van der Waals surface area contributed by atoms with E-state index in [1.807, 2.05) is 49.6 Å². The predicted molar refractivity (Wildman–Crippen MR) is 95.7 cm³/mol. The van der Waals surface area contributed by atoms with Crippen molar-refractivity contribution in [3.8, 4) is 0 Å². The minimum absolute atomic E-state index is 0.245. The molecule has 0 fully saturated rings. The van der Waals surface area contributed by atoms with Crippen molar-refractivity contribution in [2.45, 2.75) is 16.7 Å². The molecular formula is C17H18N2O2S2. The third-order valence-electron chi connectivity index (χ3n) is 3.06. The fourth-order valence-electron chi connectivity index (χ4n) is 1.76. The van der Waals surface area contributed by atoms with Crippen LogP contribution >= 0.6 is 23.5 Å². The lowest BCUT2D eigenvalue weighted by Gasteiger charge is -2.08. The first-order chi connectivity index (χ1) is 11.1. The Morgan fingerprint density at radius 3 is 2.13 bits per heavy atom. The molecule has 2 rings (SSSR count). The molecule has 6 heteroatoms. The largest absolute Gasteiger partial charge is 0.272 e. The Balaban J connectivity index is 1.76. The molecule has 0 aliphatic carbocycles. The van der Waals surface area contributed by atoms with Gasteiger partial charge in [-0.05, 0) is 49.6 Å². The summed E-state index contributed by atoms with van der Waals surface area (Å²) >= 11 is 3.03. The molecule has 0 bridgehead atoms. The van der Waals surface area contributed by atoms with E-state index in [9.17, 15) is 9.59 Å². The molecule has 0 spiro atoms. The summed E-state index contributed by atoms with van der Waals surface area (Å²) in [6.45, 7) is 2.02. The number of amides is 2. The number of carbonyl (C=O) groups is 2. The van der Waals surface area contributed by atoms with E-state index < -0.39 is 0 Å². The Morgan fingerprint density at radius 2 is 1.52 bits per heavy atom. The fourth-order valence-corrected chi connectivity index (χ4v) is 2.87. The first-order valence-corrected chi connectivity index (χ1v) is 9.22. The zero-order chi connectivity index (χ0) is 16.7. The van der Waals surface area contributed by atoms with Gasteiger partial charge in [0.15, 0.2) is 0 Å². The van der Waals surface area contributed by atoms with Crippen molar-refractivity contribution in [3.63, 3.8) is 0 Å². The summed E-state index contributed by atoms with van der Waals surface area (Å²) in [5.74, 6) is -0.328. The van der Waals surface area contributed by atoms with Crippen LogP contribution in [0.5, 0.6) is 0 Å². The Kier molecular flexibility index (Phi) is 6.55. The Bertz CT molecular complexity index is 670. The maximum Gasteiger partial charge on any atom is 0.269 e. The van der Waals surface area contributed by atoms with Crippen molar-refractivity contribution < 1.29 is 9.59 Å². The maximum atomic E-state index is 11.9. The average Bonchev–Trinajstić information content (AvgIpc) is 2.59. The zero-order valence-electron chi connectivity index (χ0n) is 13.0. The van der Waals surface area contributed by atoms with Crippen LogP contribution < -0.4 is 10.9 Å². The van der Waals surface area contributed by atoms with Crippen molar-refractivity contribution in [1.29, 1.82) is 0 Å². The first-order valence-electron chi connectivity index (χ1n) is 7.01. The summed E-state index contributed by atoms with van der Waals surface area (Å²) in [5.41, 5.74) is 6.54. The van der Waals surface area contributed by atoms with Crippen molar-refractivity contribution in [1.82, 2.24) is 10.9 Å². The van der Waals surface area contributed by atoms with Crippen LogP contribution in [-0.4, -0.2) is 23.8 Å². The quantitative estimate of drug-likeness (QED) is 0.644. The maximum absolute atomic E-state index is 11.9. The van der Waals surface area contributed by atoms with E-state index in [2.05, 4.69) is 10.9 Å². The van der Waals surface area contributed by atoms with Crippen LogP contribution in [0.4, 0.5) is 0 Å². The lowest BCUT2D eigenvalue weighted by molar-refractivity contribution is -0.119. The van der Waals surface area contributed by atoms with Crippen LogP contribution in [0.3, 0.4) is 0 Å². The Labute approximate surface area is 144 Å². The van der Waals surface area contributed by atoms with Crippen LogP contribution in [0.1, 0.15) is 15.9 Å². The van der Waals surface area contributed by atoms with Gasteiger partial charge in [-0.3, -0.25) is 20.4 Å². The smallest absolute Gasteiger partial charge is 0.269 e. The van der Waals surface area contributed by atoms with Crippen LogP contribution in [0.25, 0.3) is 0 Å². The lowest BCUT2D eigenvalue weighted by atomic mass is 10.2. The van der Waals surface area contributed by atoms with Crippen molar-refractivity contribution in [2.75, 3.05) is 12.0 Å². The van der Waals surface area contributed by atoms with E-state index in [4.69, 9.17) is 0 Å². The highest BCUT2D eigenvalue weighted by atomic mass is 32.2. The number of thioether (sulfide) groups is 2. The van der Waals surface area contributed by atoms with Gasteiger partial charge < -0.3 is 0 Å². The molecule has 0 radical (unpaired) electrons. The summed E-state index contributed by atoms with van der Waals surface area (Å²) in [7, 11) is 0. The van der Waals surface area contributed by atoms with Gasteiger partial charge in [-0.15, -0.1) is 23.5 Å². The van der Waals surface area contributed by atoms with E-state index in [0.29, 0.717) is 5.56 Å². The van der Waals surface area contributed by atoms with Crippen LogP contribution in [-0.2, 0) is 4.79 Å². The first kappa shape index (κ1) is 17.4. The minimum atomic E-state index is -0.327. The van der Waals surface area contributed by atoms with Gasteiger partial charge in [0.1, 0.15) is 0 Å². The number of benzene rings is 2. The normalized spacial score (nSPS) is 10.2. The second-order valence-corrected chi connectivity index (χ2v) is 6.76. The number of carbonyl (C=O) groups excluding carboxylic acids is 2. The van der Waals surface area contributed by atoms with E-state index in [0.717, 1.165) is 9.79 Å². The number of hydrogen-bond donors (Lipinski definition) is 2. The third kappa shape index (κ3) is 5.65. The van der Waals surface area contributed by atoms with Crippen LogP contribution in [0.15, 0.2) is 58.3 Å². The molecule has 23 heavy (non-hydrogen) atoms. The van der Waals surface area contributed by atoms with E-state index in [1.54, 1.807) is 23.9 Å². The average molecular weight is 346 g/mol. The molecule has 0 aliphatic heterocycles. The number of aryl methyl sites for hydroxylation is 1. The molecule has 0 atom stereocenters. The van der Waals surface area contributed by atoms with Gasteiger partial charge in [0.05, 0.1) is 5.75 Å². The minimum Gasteiger partial charge on any atom is -0.272 e. The van der Waals surface area contributed by atoms with Gasteiger partial charge >= 0.3 is 0 Å². The van der Waals surface area contributed by atoms with Gasteiger partial charge in [0, 0.05) is 15.4 Å². The predicted octanol–water partition coefficient (Wildman–Crippen LogP) is 3.27. The Morgan fingerprint density at radius 1 is 0.913 bits per heavy atom. The topological polar surface area (TPSA) is 58.2 Å². The molecule has 2 N–H and O–H groups in total. The molecule has 2 amide bonds. The second-order valence-electron chi connectivity index (χ2n) is 4.83. The van der Waals surface area contributed by atoms with Gasteiger partial charge in [-0.2, -0.15) is 0 Å². The summed E-state index contributed by atoms with van der Waals surface area (Å²) in [4.78, 5) is 25.8. The fraction of sp³-hybridized carbons (Fsp3) is 0.176. The second kappa shape index (κ2) is 8.64. The van der Waals surface area contributed by atoms with Gasteiger partial charge in [0.2, 0.25) is 5.91 Å². The lowest BCUT2D eigenvalue weighted by Crippen LogP contribution is -2.42. The van der Waals surface area contributed by atoms with E-state index in [1.165, 1.54) is 17.3 Å². The number of hydrogen-bond acceptors (Lipinski definition) is 4. The molecule has 0 heterocycles. The van der Waals surface area contributed by atoms with Gasteiger partial charge in [-0.1, -0.05) is 17.7 Å². The summed E-state index contributed by atoms with van der Waals surface area (Å²) < 4.78 is 0. The monoisotopic (exact) mass is 346 g/mol. The van der Waals surface area contributed by atoms with Crippen molar-refractivity contribution in [2.24, 2.45) is 0 Å². The third-order valence-corrected chi connectivity index (χ3v) is 4.81. The van der Waals surface area contributed by atoms with Crippen molar-refractivity contribution >= 4 is 35.3 Å². The van der Waals surface area contributed by atoms with E-state index >= 15 is 0 Å². The summed E-state index contributed by atoms with van der Waals surface area (Å²) in [6.07, 6.45) is 1.97. The highest BCUT2D eigenvalue weighted by Gasteiger charge is 2.07. The molecule has 2 aromatic carbocycles. The van der Waals surface area contributed by atoms with E-state index in [-0.39, 0.29) is 17.6 Å². The number of nitrogens with one attached hydrogen (secondary N) is 2. The molecule has 0 unspecified atom stereocenters. The summed E-state index contributed by atoms with van der Waals surface area (Å²) in [6, 6.07) is 15.1. The molecule has 0 aromatic heterocycles. The van der Waals surface area contributed by atoms with Gasteiger partial charge in [0.25, 0.3) is 5.91 Å².